The van der Waals surface area contributed by atoms with Crippen molar-refractivity contribution in [2.75, 3.05) is 0 Å². The number of allylic oxidation sites excluding steroid dienone is 2. The molecule has 0 spiro atoms. The van der Waals surface area contributed by atoms with Crippen LogP contribution in [0.2, 0.25) is 0 Å². The van der Waals surface area contributed by atoms with E-state index in [1.807, 2.05) is 0 Å². The fraction of sp³-hybridized carbons (Fsp3) is 0.125. The molecule has 0 radical (unpaired) electrons. The van der Waals surface area contributed by atoms with E-state index in [4.69, 9.17) is 5.41 Å². The van der Waals surface area contributed by atoms with Crippen molar-refractivity contribution < 1.29 is 18.7 Å². The number of carbonyl (C=O) groups is 1. The lowest BCUT2D eigenvalue weighted by Crippen LogP contribution is -2.20. The molecule has 1 aromatic carbocycles. The number of carbonyl (C=O) groups excluding carboxylic acids is 1. The van der Waals surface area contributed by atoms with Crippen molar-refractivity contribution in [3.63, 3.8) is 0 Å². The molecule has 0 amide bonds. The van der Waals surface area contributed by atoms with Gasteiger partial charge in [0.15, 0.2) is 11.6 Å². The molecule has 24 heavy (non-hydrogen) atoms. The summed E-state index contributed by atoms with van der Waals surface area (Å²) in [6.07, 6.45) is 1.86. The lowest BCUT2D eigenvalue weighted by atomic mass is 10.2. The first-order valence-electron chi connectivity index (χ1n) is 6.89. The summed E-state index contributed by atoms with van der Waals surface area (Å²) in [6.45, 7) is 1.32. The maximum Gasteiger partial charge on any atom is 0.251 e. The quantitative estimate of drug-likeness (QED) is 0.556. The number of aromatic nitrogens is 2. The van der Waals surface area contributed by atoms with Crippen LogP contribution in [0.25, 0.3) is 0 Å². The zero-order valence-corrected chi connectivity index (χ0v) is 12.7. The van der Waals surface area contributed by atoms with Gasteiger partial charge in [0.2, 0.25) is 5.82 Å². The third-order valence-electron chi connectivity index (χ3n) is 3.06. The van der Waals surface area contributed by atoms with Crippen LogP contribution in [0.3, 0.4) is 0 Å². The first-order valence-corrected chi connectivity index (χ1v) is 6.89. The van der Waals surface area contributed by atoms with E-state index in [2.05, 4.69) is 15.3 Å². The van der Waals surface area contributed by atoms with Gasteiger partial charge in [-0.05, 0) is 12.1 Å². The van der Waals surface area contributed by atoms with Crippen LogP contribution in [0, 0.1) is 17.0 Å². The second-order valence-electron chi connectivity index (χ2n) is 4.84. The molecule has 0 fully saturated rings. The zero-order chi connectivity index (χ0) is 17.7. The molecule has 0 saturated heterocycles. The van der Waals surface area contributed by atoms with Gasteiger partial charge in [0.1, 0.15) is 11.5 Å². The van der Waals surface area contributed by atoms with Gasteiger partial charge in [-0.3, -0.25) is 10.2 Å². The number of ketones is 1. The van der Waals surface area contributed by atoms with E-state index in [9.17, 15) is 18.7 Å². The molecule has 3 N–H and O–H groups in total. The lowest BCUT2D eigenvalue weighted by Gasteiger charge is -2.09. The minimum absolute atomic E-state index is 0.0377. The van der Waals surface area contributed by atoms with Crippen LogP contribution in [0.4, 0.5) is 8.78 Å². The van der Waals surface area contributed by atoms with Crippen LogP contribution < -0.4 is 5.32 Å². The van der Waals surface area contributed by atoms with Crippen LogP contribution in [0.1, 0.15) is 18.3 Å². The van der Waals surface area contributed by atoms with Crippen LogP contribution >= 0.6 is 0 Å². The normalized spacial score (nSPS) is 11.2. The molecule has 1 aromatic heterocycles. The maximum absolute atomic E-state index is 13.6. The number of benzene rings is 1. The Balaban J connectivity index is 2.18. The molecule has 0 saturated carbocycles. The van der Waals surface area contributed by atoms with Gasteiger partial charge < -0.3 is 10.4 Å². The topological polar surface area (TPSA) is 99.0 Å². The van der Waals surface area contributed by atoms with Gasteiger partial charge in [0.25, 0.3) is 5.88 Å². The highest BCUT2D eigenvalue weighted by Crippen LogP contribution is 2.11. The Kier molecular flexibility index (Phi) is 5.31. The first kappa shape index (κ1) is 17.2. The van der Waals surface area contributed by atoms with Crippen LogP contribution in [-0.4, -0.2) is 26.6 Å². The number of Topliss-reactive ketones (excluding diaryl/α,β-unsaturated/α-hetero) is 1. The third kappa shape index (κ3) is 4.19. The van der Waals surface area contributed by atoms with Gasteiger partial charge >= 0.3 is 0 Å². The number of halogens is 2. The fourth-order valence-electron chi connectivity index (χ4n) is 1.81. The highest BCUT2D eigenvalue weighted by Gasteiger charge is 2.12. The zero-order valence-electron chi connectivity index (χ0n) is 12.7. The molecule has 6 nitrogen and oxygen atoms in total. The molecule has 0 bridgehead atoms. The summed E-state index contributed by atoms with van der Waals surface area (Å²) >= 11 is 0. The van der Waals surface area contributed by atoms with Crippen molar-refractivity contribution in [2.45, 2.75) is 13.5 Å². The lowest BCUT2D eigenvalue weighted by molar-refractivity contribution is -0.114. The molecule has 2 aromatic rings. The van der Waals surface area contributed by atoms with Crippen LogP contribution in [-0.2, 0) is 11.3 Å². The molecule has 1 heterocycles. The maximum atomic E-state index is 13.6. The Morgan fingerprint density at radius 1 is 1.33 bits per heavy atom. The Morgan fingerprint density at radius 2 is 2.04 bits per heavy atom. The molecular weight excluding hydrogens is 318 g/mol. The van der Waals surface area contributed by atoms with Gasteiger partial charge in [-0.1, -0.05) is 18.2 Å². The average molecular weight is 332 g/mol. The van der Waals surface area contributed by atoms with Gasteiger partial charge in [0, 0.05) is 19.0 Å². The molecule has 0 atom stereocenters. The second-order valence-corrected chi connectivity index (χ2v) is 4.84. The minimum Gasteiger partial charge on any atom is -0.491 e. The van der Waals surface area contributed by atoms with Crippen molar-refractivity contribution in [3.8, 4) is 5.88 Å². The minimum atomic E-state index is -1.01. The number of hydrogen-bond acceptors (Lipinski definition) is 6. The number of rotatable bonds is 6. The van der Waals surface area contributed by atoms with E-state index in [1.54, 1.807) is 18.2 Å². The Morgan fingerprint density at radius 3 is 2.67 bits per heavy atom. The molecule has 124 valence electrons. The number of hydrogen-bond donors (Lipinski definition) is 3. The van der Waals surface area contributed by atoms with Crippen molar-refractivity contribution in [3.05, 3.63) is 65.3 Å². The van der Waals surface area contributed by atoms with Crippen molar-refractivity contribution in [2.24, 2.45) is 0 Å². The summed E-state index contributed by atoms with van der Waals surface area (Å²) in [5.74, 6) is -2.96. The predicted octanol–water partition coefficient (Wildman–Crippen LogP) is 2.09. The van der Waals surface area contributed by atoms with Crippen molar-refractivity contribution >= 4 is 11.5 Å². The SMILES string of the molecule is CC(=O)/C(=C/C(=N)c1ncc(F)c(O)n1)NCc1ccccc1F. The molecule has 8 heteroatoms. The summed E-state index contributed by atoms with van der Waals surface area (Å²) < 4.78 is 26.5. The second kappa shape index (κ2) is 7.40. The van der Waals surface area contributed by atoms with Gasteiger partial charge in [-0.15, -0.1) is 0 Å². The summed E-state index contributed by atoms with van der Waals surface area (Å²) in [5.41, 5.74) is 0.0825. The Hall–Kier alpha value is -3.16. The molecule has 2 rings (SSSR count). The third-order valence-corrected chi connectivity index (χ3v) is 3.06. The number of nitrogens with one attached hydrogen (secondary N) is 2. The summed E-state index contributed by atoms with van der Waals surface area (Å²) in [4.78, 5) is 18.7. The van der Waals surface area contributed by atoms with Crippen molar-refractivity contribution in [1.29, 1.82) is 5.41 Å². The summed E-state index contributed by atoms with van der Waals surface area (Å²) in [7, 11) is 0. The molecule has 0 aliphatic rings. The standard InChI is InChI=1S/C16H14F2N4O2/c1-9(23)14(20-7-10-4-2-3-5-11(10)17)6-13(19)15-21-8-12(18)16(24)22-15/h2-6,8,19-20H,7H2,1H3,(H,21,22,24)/b14-6-,19-13?. The summed E-state index contributed by atoms with van der Waals surface area (Å²) in [5, 5.41) is 19.8. The van der Waals surface area contributed by atoms with E-state index >= 15 is 0 Å². The van der Waals surface area contributed by atoms with E-state index in [1.165, 1.54) is 13.0 Å². The highest BCUT2D eigenvalue weighted by molar-refractivity contribution is 6.08. The van der Waals surface area contributed by atoms with E-state index < -0.39 is 17.5 Å². The smallest absolute Gasteiger partial charge is 0.251 e. The predicted molar refractivity (Wildman–Crippen MR) is 82.5 cm³/mol. The van der Waals surface area contributed by atoms with Gasteiger partial charge in [-0.2, -0.15) is 9.37 Å². The molecule has 0 aliphatic carbocycles. The Bertz CT molecular complexity index is 821. The molecule has 0 aliphatic heterocycles. The molecular formula is C16H14F2N4O2. The van der Waals surface area contributed by atoms with E-state index in [0.717, 1.165) is 12.3 Å². The average Bonchev–Trinajstić information content (AvgIpc) is 2.54. The van der Waals surface area contributed by atoms with Crippen LogP contribution in [0.15, 0.2) is 42.2 Å². The Labute approximate surface area is 136 Å². The van der Waals surface area contributed by atoms with Crippen LogP contribution in [0.5, 0.6) is 5.88 Å². The molecule has 0 unspecified atom stereocenters. The van der Waals surface area contributed by atoms with E-state index in [0.29, 0.717) is 5.56 Å². The van der Waals surface area contributed by atoms with Gasteiger partial charge in [0.05, 0.1) is 11.9 Å². The largest absolute Gasteiger partial charge is 0.491 e. The fourth-order valence-corrected chi connectivity index (χ4v) is 1.81. The van der Waals surface area contributed by atoms with Crippen molar-refractivity contribution in [1.82, 2.24) is 15.3 Å². The van der Waals surface area contributed by atoms with Gasteiger partial charge in [-0.25, -0.2) is 9.37 Å². The first-order chi connectivity index (χ1) is 11.4. The number of aromatic hydroxyl groups is 1. The highest BCUT2D eigenvalue weighted by atomic mass is 19.1. The monoisotopic (exact) mass is 332 g/mol. The van der Waals surface area contributed by atoms with E-state index in [-0.39, 0.29) is 29.6 Å². The number of nitrogens with zero attached hydrogens (tertiary/aromatic N) is 2. The summed E-state index contributed by atoms with van der Waals surface area (Å²) in [6, 6.07) is 6.07.